The van der Waals surface area contributed by atoms with Gasteiger partial charge < -0.3 is 5.32 Å². The first-order chi connectivity index (χ1) is 8.72. The quantitative estimate of drug-likeness (QED) is 0.848. The van der Waals surface area contributed by atoms with E-state index in [4.69, 9.17) is 0 Å². The van der Waals surface area contributed by atoms with Crippen molar-refractivity contribution in [3.63, 3.8) is 0 Å². The zero-order valence-electron chi connectivity index (χ0n) is 10.7. The van der Waals surface area contributed by atoms with E-state index in [1.54, 1.807) is 23.5 Å². The molecule has 1 unspecified atom stereocenters. The van der Waals surface area contributed by atoms with Crippen molar-refractivity contribution in [2.75, 3.05) is 6.54 Å². The molecule has 0 spiro atoms. The second kappa shape index (κ2) is 6.12. The summed E-state index contributed by atoms with van der Waals surface area (Å²) in [5, 5.41) is 5.59. The number of rotatable bonds is 5. The van der Waals surface area contributed by atoms with Crippen molar-refractivity contribution in [2.24, 2.45) is 0 Å². The van der Waals surface area contributed by atoms with Crippen LogP contribution in [0.3, 0.4) is 0 Å². The van der Waals surface area contributed by atoms with E-state index in [2.05, 4.69) is 30.6 Å². The average Bonchev–Trinajstić information content (AvgIpc) is 2.77. The first-order valence-corrected chi connectivity index (χ1v) is 7.13. The summed E-state index contributed by atoms with van der Waals surface area (Å²) in [6, 6.07) is 9.07. The smallest absolute Gasteiger partial charge is 0.123 e. The molecule has 1 nitrogen and oxygen atoms in total. The molecule has 1 heterocycles. The van der Waals surface area contributed by atoms with Crippen LogP contribution in [0.2, 0.25) is 0 Å². The Balaban J connectivity index is 2.33. The van der Waals surface area contributed by atoms with E-state index in [0.29, 0.717) is 0 Å². The molecular formula is C15H18FNS. The molecule has 3 heteroatoms. The molecule has 0 saturated heterocycles. The standard InChI is InChI=1S/C15H18FNS/c1-3-8-17-14(15-11(2)7-9-18-15)12-5-4-6-13(16)10-12/h4-7,9-10,14,17H,3,8H2,1-2H3. The van der Waals surface area contributed by atoms with E-state index < -0.39 is 0 Å². The van der Waals surface area contributed by atoms with Crippen LogP contribution in [0.4, 0.5) is 4.39 Å². The molecule has 2 rings (SSSR count). The Morgan fingerprint density at radius 2 is 2.17 bits per heavy atom. The molecule has 0 fully saturated rings. The van der Waals surface area contributed by atoms with Gasteiger partial charge in [-0.25, -0.2) is 4.39 Å². The highest BCUT2D eigenvalue weighted by molar-refractivity contribution is 7.10. The molecule has 0 radical (unpaired) electrons. The van der Waals surface area contributed by atoms with Crippen LogP contribution in [0.5, 0.6) is 0 Å². The summed E-state index contributed by atoms with van der Waals surface area (Å²) in [7, 11) is 0. The van der Waals surface area contributed by atoms with Crippen LogP contribution in [0, 0.1) is 12.7 Å². The second-order valence-electron chi connectivity index (χ2n) is 4.41. The normalized spacial score (nSPS) is 12.6. The highest BCUT2D eigenvalue weighted by atomic mass is 32.1. The van der Waals surface area contributed by atoms with Crippen molar-refractivity contribution in [1.29, 1.82) is 0 Å². The van der Waals surface area contributed by atoms with E-state index in [1.165, 1.54) is 16.5 Å². The van der Waals surface area contributed by atoms with Crippen molar-refractivity contribution in [3.05, 3.63) is 57.5 Å². The Bertz CT molecular complexity index is 507. The van der Waals surface area contributed by atoms with Gasteiger partial charge in [-0.3, -0.25) is 0 Å². The largest absolute Gasteiger partial charge is 0.306 e. The number of hydrogen-bond acceptors (Lipinski definition) is 2. The molecule has 1 aromatic heterocycles. The molecule has 0 aliphatic carbocycles. The van der Waals surface area contributed by atoms with Gasteiger partial charge in [0.1, 0.15) is 5.82 Å². The van der Waals surface area contributed by atoms with Crippen LogP contribution in [0.15, 0.2) is 35.7 Å². The fourth-order valence-corrected chi connectivity index (χ4v) is 3.05. The van der Waals surface area contributed by atoms with E-state index in [0.717, 1.165) is 18.5 Å². The summed E-state index contributed by atoms with van der Waals surface area (Å²) in [5.74, 6) is -0.176. The highest BCUT2D eigenvalue weighted by Gasteiger charge is 2.16. The zero-order chi connectivity index (χ0) is 13.0. The second-order valence-corrected chi connectivity index (χ2v) is 5.36. The van der Waals surface area contributed by atoms with Crippen molar-refractivity contribution in [3.8, 4) is 0 Å². The summed E-state index contributed by atoms with van der Waals surface area (Å²) in [6.07, 6.45) is 1.07. The van der Waals surface area contributed by atoms with Gasteiger partial charge in [-0.15, -0.1) is 11.3 Å². The van der Waals surface area contributed by atoms with Gasteiger partial charge in [-0.2, -0.15) is 0 Å². The van der Waals surface area contributed by atoms with E-state index in [9.17, 15) is 4.39 Å². The van der Waals surface area contributed by atoms with Crippen LogP contribution in [0.25, 0.3) is 0 Å². The number of benzene rings is 1. The Morgan fingerprint density at radius 3 is 2.78 bits per heavy atom. The first-order valence-electron chi connectivity index (χ1n) is 6.25. The summed E-state index contributed by atoms with van der Waals surface area (Å²) >= 11 is 1.72. The molecule has 1 atom stereocenters. The third kappa shape index (κ3) is 2.98. The van der Waals surface area contributed by atoms with Gasteiger partial charge in [0.2, 0.25) is 0 Å². The maximum absolute atomic E-state index is 13.4. The van der Waals surface area contributed by atoms with Gasteiger partial charge in [-0.1, -0.05) is 19.1 Å². The Morgan fingerprint density at radius 1 is 1.33 bits per heavy atom. The lowest BCUT2D eigenvalue weighted by atomic mass is 10.0. The fraction of sp³-hybridized carbons (Fsp3) is 0.333. The minimum atomic E-state index is -0.176. The third-order valence-corrected chi connectivity index (χ3v) is 4.03. The number of halogens is 1. The third-order valence-electron chi connectivity index (χ3n) is 2.94. The van der Waals surface area contributed by atoms with Crippen molar-refractivity contribution < 1.29 is 4.39 Å². The molecule has 0 aliphatic heterocycles. The van der Waals surface area contributed by atoms with Crippen LogP contribution in [-0.4, -0.2) is 6.54 Å². The number of hydrogen-bond donors (Lipinski definition) is 1. The molecule has 96 valence electrons. The lowest BCUT2D eigenvalue weighted by Crippen LogP contribution is -2.23. The van der Waals surface area contributed by atoms with Crippen LogP contribution in [0.1, 0.15) is 35.4 Å². The topological polar surface area (TPSA) is 12.0 Å². The molecule has 0 aliphatic rings. The van der Waals surface area contributed by atoms with Gasteiger partial charge in [-0.05, 0) is 54.6 Å². The monoisotopic (exact) mass is 263 g/mol. The van der Waals surface area contributed by atoms with Gasteiger partial charge in [0.25, 0.3) is 0 Å². The molecule has 18 heavy (non-hydrogen) atoms. The van der Waals surface area contributed by atoms with Crippen molar-refractivity contribution in [1.82, 2.24) is 5.32 Å². The SMILES string of the molecule is CCCNC(c1cccc(F)c1)c1sccc1C. The van der Waals surface area contributed by atoms with Gasteiger partial charge in [0.15, 0.2) is 0 Å². The predicted molar refractivity (Wildman–Crippen MR) is 75.6 cm³/mol. The summed E-state index contributed by atoms with van der Waals surface area (Å²) < 4.78 is 13.4. The molecule has 0 bridgehead atoms. The summed E-state index contributed by atoms with van der Waals surface area (Å²) in [5.41, 5.74) is 2.26. The lowest BCUT2D eigenvalue weighted by molar-refractivity contribution is 0.589. The van der Waals surface area contributed by atoms with E-state index in [1.807, 2.05) is 6.07 Å². The van der Waals surface area contributed by atoms with Crippen LogP contribution >= 0.6 is 11.3 Å². The maximum atomic E-state index is 13.4. The summed E-state index contributed by atoms with van der Waals surface area (Å²) in [4.78, 5) is 1.27. The van der Waals surface area contributed by atoms with Crippen molar-refractivity contribution in [2.45, 2.75) is 26.3 Å². The van der Waals surface area contributed by atoms with Gasteiger partial charge in [0.05, 0.1) is 6.04 Å². The van der Waals surface area contributed by atoms with E-state index >= 15 is 0 Å². The van der Waals surface area contributed by atoms with Crippen LogP contribution < -0.4 is 5.32 Å². The fourth-order valence-electron chi connectivity index (χ4n) is 2.02. The molecule has 1 aromatic carbocycles. The number of nitrogens with one attached hydrogen (secondary N) is 1. The first kappa shape index (κ1) is 13.2. The maximum Gasteiger partial charge on any atom is 0.123 e. The van der Waals surface area contributed by atoms with Gasteiger partial charge in [0, 0.05) is 4.88 Å². The minimum absolute atomic E-state index is 0.0978. The minimum Gasteiger partial charge on any atom is -0.306 e. The number of thiophene rings is 1. The predicted octanol–water partition coefficient (Wildman–Crippen LogP) is 4.28. The molecule has 0 amide bonds. The number of aryl methyl sites for hydroxylation is 1. The average molecular weight is 263 g/mol. The van der Waals surface area contributed by atoms with Crippen molar-refractivity contribution >= 4 is 11.3 Å². The molecule has 1 N–H and O–H groups in total. The molecular weight excluding hydrogens is 245 g/mol. The Kier molecular flexibility index (Phi) is 4.50. The van der Waals surface area contributed by atoms with Gasteiger partial charge >= 0.3 is 0 Å². The Hall–Kier alpha value is -1.19. The molecule has 0 saturated carbocycles. The highest BCUT2D eigenvalue weighted by Crippen LogP contribution is 2.29. The van der Waals surface area contributed by atoms with E-state index in [-0.39, 0.29) is 11.9 Å². The zero-order valence-corrected chi connectivity index (χ0v) is 11.6. The summed E-state index contributed by atoms with van der Waals surface area (Å²) in [6.45, 7) is 5.17. The lowest BCUT2D eigenvalue weighted by Gasteiger charge is -2.19. The molecule has 2 aromatic rings. The Labute approximate surface area is 112 Å². The van der Waals surface area contributed by atoms with Crippen LogP contribution in [-0.2, 0) is 0 Å².